The smallest absolute Gasteiger partial charge is 0.142 e. The maximum Gasteiger partial charge on any atom is 0.142 e. The Morgan fingerprint density at radius 1 is 1.37 bits per heavy atom. The molecule has 2 heterocycles. The molecular formula is C14H21BrN2OSi. The van der Waals surface area contributed by atoms with E-state index in [-0.39, 0.29) is 0 Å². The van der Waals surface area contributed by atoms with Gasteiger partial charge in [0.25, 0.3) is 0 Å². The van der Waals surface area contributed by atoms with Crippen molar-refractivity contribution in [2.45, 2.75) is 39.3 Å². The topological polar surface area (TPSA) is 27.1 Å². The minimum Gasteiger partial charge on any atom is -0.361 e. The molecule has 0 aromatic carbocycles. The summed E-state index contributed by atoms with van der Waals surface area (Å²) >= 11 is 3.46. The molecule has 3 nitrogen and oxygen atoms in total. The van der Waals surface area contributed by atoms with Crippen LogP contribution in [0.5, 0.6) is 0 Å². The van der Waals surface area contributed by atoms with E-state index in [1.807, 2.05) is 6.20 Å². The number of ether oxygens (including phenoxy) is 1. The molecule has 0 N–H and O–H groups in total. The summed E-state index contributed by atoms with van der Waals surface area (Å²) in [5.41, 5.74) is 2.23. The number of nitrogens with zero attached hydrogens (tertiary/aromatic N) is 2. The highest BCUT2D eigenvalue weighted by molar-refractivity contribution is 9.10. The van der Waals surface area contributed by atoms with Crippen molar-refractivity contribution in [3.8, 4) is 0 Å². The lowest BCUT2D eigenvalue weighted by atomic mass is 10.2. The van der Waals surface area contributed by atoms with Crippen molar-refractivity contribution in [3.63, 3.8) is 0 Å². The SMILES string of the molecule is Cc1cn(COCC[Si](C)(C)C)c2ncc(Br)cc12. The molecule has 2 aromatic heterocycles. The predicted molar refractivity (Wildman–Crippen MR) is 86.3 cm³/mol. The summed E-state index contributed by atoms with van der Waals surface area (Å²) in [6.07, 6.45) is 3.94. The molecule has 0 spiro atoms. The van der Waals surface area contributed by atoms with E-state index in [4.69, 9.17) is 4.74 Å². The van der Waals surface area contributed by atoms with Gasteiger partial charge in [0.1, 0.15) is 12.4 Å². The molecule has 2 rings (SSSR count). The van der Waals surface area contributed by atoms with Crippen LogP contribution in [0.2, 0.25) is 25.7 Å². The first-order valence-corrected chi connectivity index (χ1v) is 11.1. The second kappa shape index (κ2) is 5.77. The summed E-state index contributed by atoms with van der Waals surface area (Å²) in [4.78, 5) is 4.47. The number of hydrogen-bond donors (Lipinski definition) is 0. The highest BCUT2D eigenvalue weighted by atomic mass is 79.9. The molecule has 19 heavy (non-hydrogen) atoms. The minimum absolute atomic E-state index is 0.587. The Morgan fingerprint density at radius 2 is 2.11 bits per heavy atom. The van der Waals surface area contributed by atoms with Crippen molar-refractivity contribution in [2.75, 3.05) is 6.61 Å². The van der Waals surface area contributed by atoms with Gasteiger partial charge in [0.2, 0.25) is 0 Å². The number of rotatable bonds is 5. The third-order valence-electron chi connectivity index (χ3n) is 3.11. The van der Waals surface area contributed by atoms with Gasteiger partial charge in [0.15, 0.2) is 0 Å². The van der Waals surface area contributed by atoms with E-state index in [1.165, 1.54) is 17.0 Å². The first-order chi connectivity index (χ1) is 8.87. The van der Waals surface area contributed by atoms with Crippen LogP contribution in [0.25, 0.3) is 11.0 Å². The molecule has 2 aromatic rings. The van der Waals surface area contributed by atoms with Crippen LogP contribution in [0.3, 0.4) is 0 Å². The third kappa shape index (κ3) is 3.90. The molecule has 0 saturated heterocycles. The Kier molecular flexibility index (Phi) is 4.48. The van der Waals surface area contributed by atoms with Crippen molar-refractivity contribution >= 4 is 35.0 Å². The molecule has 0 amide bonds. The number of aromatic nitrogens is 2. The van der Waals surface area contributed by atoms with Crippen LogP contribution in [0.4, 0.5) is 0 Å². The normalized spacial score (nSPS) is 12.3. The van der Waals surface area contributed by atoms with Crippen molar-refractivity contribution in [1.29, 1.82) is 0 Å². The van der Waals surface area contributed by atoms with Gasteiger partial charge in [-0.25, -0.2) is 4.98 Å². The van der Waals surface area contributed by atoms with E-state index in [0.29, 0.717) is 6.73 Å². The van der Waals surface area contributed by atoms with Gasteiger partial charge in [-0.2, -0.15) is 0 Å². The van der Waals surface area contributed by atoms with E-state index >= 15 is 0 Å². The predicted octanol–water partition coefficient (Wildman–Crippen LogP) is 4.42. The summed E-state index contributed by atoms with van der Waals surface area (Å²) in [6, 6.07) is 3.31. The van der Waals surface area contributed by atoms with Crippen LogP contribution in [0.1, 0.15) is 5.56 Å². The molecule has 0 unspecified atom stereocenters. The molecule has 0 aliphatic heterocycles. The number of aryl methyl sites for hydroxylation is 1. The molecule has 0 bridgehead atoms. The van der Waals surface area contributed by atoms with Gasteiger partial charge in [-0.1, -0.05) is 19.6 Å². The third-order valence-corrected chi connectivity index (χ3v) is 5.24. The lowest BCUT2D eigenvalue weighted by Crippen LogP contribution is -2.22. The molecule has 0 fully saturated rings. The van der Waals surface area contributed by atoms with E-state index in [2.05, 4.69) is 64.3 Å². The largest absolute Gasteiger partial charge is 0.361 e. The number of halogens is 1. The van der Waals surface area contributed by atoms with Crippen molar-refractivity contribution in [1.82, 2.24) is 9.55 Å². The van der Waals surface area contributed by atoms with Crippen molar-refractivity contribution in [3.05, 3.63) is 28.5 Å². The van der Waals surface area contributed by atoms with Crippen LogP contribution < -0.4 is 0 Å². The summed E-state index contributed by atoms with van der Waals surface area (Å²) < 4.78 is 8.89. The van der Waals surface area contributed by atoms with Crippen molar-refractivity contribution in [2.24, 2.45) is 0 Å². The zero-order valence-corrected chi connectivity index (χ0v) is 14.6. The minimum atomic E-state index is -1.01. The van der Waals surface area contributed by atoms with E-state index in [0.717, 1.165) is 16.7 Å². The fourth-order valence-electron chi connectivity index (χ4n) is 1.96. The number of fused-ring (bicyclic) bond motifs is 1. The molecule has 0 aliphatic carbocycles. The van der Waals surface area contributed by atoms with Crippen LogP contribution in [-0.2, 0) is 11.5 Å². The Morgan fingerprint density at radius 3 is 2.79 bits per heavy atom. The monoisotopic (exact) mass is 340 g/mol. The highest BCUT2D eigenvalue weighted by Gasteiger charge is 2.12. The zero-order chi connectivity index (χ0) is 14.0. The number of hydrogen-bond acceptors (Lipinski definition) is 2. The maximum absolute atomic E-state index is 5.79. The second-order valence-corrected chi connectivity index (χ2v) is 12.7. The fraction of sp³-hybridized carbons (Fsp3) is 0.500. The molecule has 5 heteroatoms. The summed E-state index contributed by atoms with van der Waals surface area (Å²) in [5, 5.41) is 1.18. The fourth-order valence-corrected chi connectivity index (χ4v) is 3.04. The lowest BCUT2D eigenvalue weighted by Gasteiger charge is -2.15. The summed E-state index contributed by atoms with van der Waals surface area (Å²) in [7, 11) is -1.01. The Labute approximate surface area is 124 Å². The maximum atomic E-state index is 5.79. The molecule has 0 saturated carbocycles. The average Bonchev–Trinajstić information content (AvgIpc) is 2.60. The molecule has 0 aliphatic rings. The Balaban J connectivity index is 2.05. The zero-order valence-electron chi connectivity index (χ0n) is 12.0. The highest BCUT2D eigenvalue weighted by Crippen LogP contribution is 2.22. The van der Waals surface area contributed by atoms with Gasteiger partial charge in [-0.15, -0.1) is 0 Å². The van der Waals surface area contributed by atoms with E-state index < -0.39 is 8.07 Å². The van der Waals surface area contributed by atoms with Crippen LogP contribution in [0, 0.1) is 6.92 Å². The van der Waals surface area contributed by atoms with E-state index in [1.54, 1.807) is 0 Å². The first-order valence-electron chi connectivity index (χ1n) is 6.55. The van der Waals surface area contributed by atoms with Gasteiger partial charge >= 0.3 is 0 Å². The van der Waals surface area contributed by atoms with Gasteiger partial charge in [-0.3, -0.25) is 0 Å². The summed E-state index contributed by atoms with van der Waals surface area (Å²) in [6.45, 7) is 10.6. The molecular weight excluding hydrogens is 320 g/mol. The van der Waals surface area contributed by atoms with Gasteiger partial charge < -0.3 is 9.30 Å². The van der Waals surface area contributed by atoms with Gasteiger partial charge in [0, 0.05) is 36.9 Å². The Bertz CT molecular complexity index is 575. The quantitative estimate of drug-likeness (QED) is 0.595. The standard InChI is InChI=1S/C14H21BrN2OSi/c1-11-9-17(10-18-5-6-19(2,3)4)14-13(11)7-12(15)8-16-14/h7-9H,5-6,10H2,1-4H3. The molecule has 104 valence electrons. The average molecular weight is 341 g/mol. The van der Waals surface area contributed by atoms with Crippen LogP contribution >= 0.6 is 15.9 Å². The first kappa shape index (κ1) is 14.7. The lowest BCUT2D eigenvalue weighted by molar-refractivity contribution is 0.0898. The Hall–Kier alpha value is -0.653. The van der Waals surface area contributed by atoms with E-state index in [9.17, 15) is 0 Å². The van der Waals surface area contributed by atoms with Crippen LogP contribution in [-0.4, -0.2) is 24.2 Å². The van der Waals surface area contributed by atoms with Gasteiger partial charge in [0.05, 0.1) is 0 Å². The number of pyridine rings is 1. The molecule has 0 atom stereocenters. The second-order valence-electron chi connectivity index (χ2n) is 6.15. The molecule has 0 radical (unpaired) electrons. The summed E-state index contributed by atoms with van der Waals surface area (Å²) in [5.74, 6) is 0. The van der Waals surface area contributed by atoms with Crippen LogP contribution in [0.15, 0.2) is 22.9 Å². The van der Waals surface area contributed by atoms with Crippen molar-refractivity contribution < 1.29 is 4.74 Å². The van der Waals surface area contributed by atoms with Gasteiger partial charge in [-0.05, 0) is 40.5 Å².